The maximum atomic E-state index is 12.5. The average molecular weight is 315 g/mol. The van der Waals surface area contributed by atoms with E-state index in [4.69, 9.17) is 0 Å². The summed E-state index contributed by atoms with van der Waals surface area (Å²) >= 11 is 0. The molecule has 0 radical (unpaired) electrons. The van der Waals surface area contributed by atoms with Crippen LogP contribution in [0.1, 0.15) is 43.9 Å². The molecule has 124 valence electrons. The first-order chi connectivity index (χ1) is 11.0. The van der Waals surface area contributed by atoms with Crippen molar-refractivity contribution < 1.29 is 9.59 Å². The number of nitrogens with one attached hydrogen (secondary N) is 1. The molecule has 3 amide bonds. The van der Waals surface area contributed by atoms with Crippen LogP contribution in [0, 0.1) is 5.92 Å². The minimum Gasteiger partial charge on any atom is -0.326 e. The molecule has 1 N–H and O–H groups in total. The molecular weight excluding hydrogens is 290 g/mol. The topological polar surface area (TPSA) is 52.7 Å². The van der Waals surface area contributed by atoms with Gasteiger partial charge in [-0.2, -0.15) is 0 Å². The Labute approximate surface area is 137 Å². The fourth-order valence-corrected chi connectivity index (χ4v) is 3.66. The lowest BCUT2D eigenvalue weighted by Crippen LogP contribution is -2.41. The van der Waals surface area contributed by atoms with Crippen molar-refractivity contribution in [1.29, 1.82) is 0 Å². The van der Waals surface area contributed by atoms with Gasteiger partial charge in [-0.15, -0.1) is 0 Å². The molecule has 1 fully saturated rings. The smallest absolute Gasteiger partial charge is 0.325 e. The molecule has 5 nitrogen and oxygen atoms in total. The first kappa shape index (κ1) is 16.0. The number of carbonyl (C=O) groups excluding carboxylic acids is 2. The number of amides is 3. The average Bonchev–Trinajstić information content (AvgIpc) is 3.04. The SMILES string of the molecule is CC(C)CC1NC(=O)N(CN(C)C2CCc3ccccc32)C1=O. The van der Waals surface area contributed by atoms with E-state index < -0.39 is 0 Å². The summed E-state index contributed by atoms with van der Waals surface area (Å²) in [6.07, 6.45) is 2.78. The predicted molar refractivity (Wildman–Crippen MR) is 88.8 cm³/mol. The number of rotatable bonds is 5. The standard InChI is InChI=1S/C18H25N3O2/c1-12(2)10-15-17(22)21(18(23)19-15)11-20(3)16-9-8-13-6-4-5-7-14(13)16/h4-7,12,15-16H,8-11H2,1-3H3,(H,19,23). The molecule has 1 aliphatic heterocycles. The third-order valence-corrected chi connectivity index (χ3v) is 4.81. The van der Waals surface area contributed by atoms with Crippen molar-refractivity contribution in [3.05, 3.63) is 35.4 Å². The number of imide groups is 1. The third kappa shape index (κ3) is 3.11. The quantitative estimate of drug-likeness (QED) is 0.850. The van der Waals surface area contributed by atoms with Crippen molar-refractivity contribution in [2.75, 3.05) is 13.7 Å². The van der Waals surface area contributed by atoms with Crippen molar-refractivity contribution >= 4 is 11.9 Å². The van der Waals surface area contributed by atoms with Crippen LogP contribution in [-0.4, -0.2) is 41.5 Å². The zero-order chi connectivity index (χ0) is 16.6. The van der Waals surface area contributed by atoms with Crippen molar-refractivity contribution in [3.8, 4) is 0 Å². The summed E-state index contributed by atoms with van der Waals surface area (Å²) in [5.74, 6) is 0.283. The van der Waals surface area contributed by atoms with Crippen molar-refractivity contribution in [2.24, 2.45) is 5.92 Å². The molecule has 0 spiro atoms. The van der Waals surface area contributed by atoms with E-state index in [2.05, 4.69) is 48.3 Å². The lowest BCUT2D eigenvalue weighted by Gasteiger charge is -2.28. The summed E-state index contributed by atoms with van der Waals surface area (Å²) in [6, 6.07) is 8.07. The Balaban J connectivity index is 1.68. The largest absolute Gasteiger partial charge is 0.326 e. The number of aryl methyl sites for hydroxylation is 1. The predicted octanol–water partition coefficient (Wildman–Crippen LogP) is 2.53. The summed E-state index contributed by atoms with van der Waals surface area (Å²) in [5.41, 5.74) is 2.69. The van der Waals surface area contributed by atoms with Gasteiger partial charge in [0, 0.05) is 6.04 Å². The van der Waals surface area contributed by atoms with Crippen LogP contribution in [0.15, 0.2) is 24.3 Å². The first-order valence-electron chi connectivity index (χ1n) is 8.37. The molecule has 1 aliphatic carbocycles. The summed E-state index contributed by atoms with van der Waals surface area (Å²) in [5, 5.41) is 2.81. The van der Waals surface area contributed by atoms with E-state index in [9.17, 15) is 9.59 Å². The highest BCUT2D eigenvalue weighted by atomic mass is 16.2. The van der Waals surface area contributed by atoms with Crippen LogP contribution < -0.4 is 5.32 Å². The Morgan fingerprint density at radius 1 is 1.30 bits per heavy atom. The van der Waals surface area contributed by atoms with Crippen LogP contribution in [0.5, 0.6) is 0 Å². The van der Waals surface area contributed by atoms with Crippen LogP contribution in [0.2, 0.25) is 0 Å². The monoisotopic (exact) mass is 315 g/mol. The van der Waals surface area contributed by atoms with Gasteiger partial charge in [0.2, 0.25) is 0 Å². The lowest BCUT2D eigenvalue weighted by atomic mass is 10.0. The van der Waals surface area contributed by atoms with Crippen LogP contribution in [-0.2, 0) is 11.2 Å². The number of benzene rings is 1. The van der Waals surface area contributed by atoms with Gasteiger partial charge in [-0.3, -0.25) is 9.69 Å². The van der Waals surface area contributed by atoms with E-state index in [0.29, 0.717) is 19.0 Å². The minimum atomic E-state index is -0.369. The number of hydrogen-bond acceptors (Lipinski definition) is 3. The van der Waals surface area contributed by atoms with Crippen LogP contribution in [0.4, 0.5) is 4.79 Å². The fourth-order valence-electron chi connectivity index (χ4n) is 3.66. The van der Waals surface area contributed by atoms with Gasteiger partial charge in [0.15, 0.2) is 0 Å². The number of nitrogens with zero attached hydrogens (tertiary/aromatic N) is 2. The van der Waals surface area contributed by atoms with E-state index in [-0.39, 0.29) is 24.0 Å². The third-order valence-electron chi connectivity index (χ3n) is 4.81. The molecule has 3 rings (SSSR count). The van der Waals surface area contributed by atoms with E-state index in [0.717, 1.165) is 12.8 Å². The first-order valence-corrected chi connectivity index (χ1v) is 8.37. The molecule has 0 aromatic heterocycles. The minimum absolute atomic E-state index is 0.0955. The van der Waals surface area contributed by atoms with Crippen molar-refractivity contribution in [2.45, 2.75) is 45.2 Å². The molecule has 23 heavy (non-hydrogen) atoms. The maximum absolute atomic E-state index is 12.5. The molecule has 2 unspecified atom stereocenters. The van der Waals surface area contributed by atoms with Crippen molar-refractivity contribution in [1.82, 2.24) is 15.1 Å². The summed E-state index contributed by atoms with van der Waals surface area (Å²) in [6.45, 7) is 4.46. The van der Waals surface area contributed by atoms with Gasteiger partial charge in [-0.25, -0.2) is 9.69 Å². The number of urea groups is 1. The molecule has 0 saturated carbocycles. The van der Waals surface area contributed by atoms with Gasteiger partial charge in [0.1, 0.15) is 6.04 Å². The number of fused-ring (bicyclic) bond motifs is 1. The van der Waals surface area contributed by atoms with Gasteiger partial charge in [-0.05, 0) is 43.4 Å². The highest BCUT2D eigenvalue weighted by Gasteiger charge is 2.39. The Bertz CT molecular complexity index is 614. The van der Waals surface area contributed by atoms with Gasteiger partial charge in [0.25, 0.3) is 5.91 Å². The molecule has 1 heterocycles. The Morgan fingerprint density at radius 2 is 2.04 bits per heavy atom. The van der Waals surface area contributed by atoms with E-state index in [1.165, 1.54) is 16.0 Å². The second-order valence-corrected chi connectivity index (χ2v) is 7.05. The molecule has 0 bridgehead atoms. The van der Waals surface area contributed by atoms with Gasteiger partial charge in [0.05, 0.1) is 6.67 Å². The summed E-state index contributed by atoms with van der Waals surface area (Å²) in [7, 11) is 1.99. The second kappa shape index (κ2) is 6.32. The molecule has 2 atom stereocenters. The Hall–Kier alpha value is -1.88. The Kier molecular flexibility index (Phi) is 4.39. The van der Waals surface area contributed by atoms with Crippen molar-refractivity contribution in [3.63, 3.8) is 0 Å². The summed E-state index contributed by atoms with van der Waals surface area (Å²) in [4.78, 5) is 28.1. The van der Waals surface area contributed by atoms with E-state index in [1.54, 1.807) is 0 Å². The van der Waals surface area contributed by atoms with Gasteiger partial charge in [-0.1, -0.05) is 38.1 Å². The normalized spacial score (nSPS) is 23.8. The summed E-state index contributed by atoms with van der Waals surface area (Å²) < 4.78 is 0. The molecule has 1 aromatic carbocycles. The highest BCUT2D eigenvalue weighted by molar-refractivity contribution is 6.04. The van der Waals surface area contributed by atoms with E-state index >= 15 is 0 Å². The number of carbonyl (C=O) groups is 2. The van der Waals surface area contributed by atoms with Crippen LogP contribution in [0.3, 0.4) is 0 Å². The van der Waals surface area contributed by atoms with E-state index in [1.807, 2.05) is 7.05 Å². The van der Waals surface area contributed by atoms with Crippen LogP contribution in [0.25, 0.3) is 0 Å². The molecule has 1 aromatic rings. The zero-order valence-electron chi connectivity index (χ0n) is 14.1. The molecule has 1 saturated heterocycles. The number of hydrogen-bond donors (Lipinski definition) is 1. The zero-order valence-corrected chi connectivity index (χ0v) is 14.1. The molecule has 5 heteroatoms. The van der Waals surface area contributed by atoms with Gasteiger partial charge >= 0.3 is 6.03 Å². The molecular formula is C18H25N3O2. The Morgan fingerprint density at radius 3 is 2.78 bits per heavy atom. The maximum Gasteiger partial charge on any atom is 0.325 e. The second-order valence-electron chi connectivity index (χ2n) is 7.05. The highest BCUT2D eigenvalue weighted by Crippen LogP contribution is 2.35. The molecule has 2 aliphatic rings. The van der Waals surface area contributed by atoms with Crippen LogP contribution >= 0.6 is 0 Å². The lowest BCUT2D eigenvalue weighted by molar-refractivity contribution is -0.129. The van der Waals surface area contributed by atoms with Gasteiger partial charge < -0.3 is 5.32 Å². The fraction of sp³-hybridized carbons (Fsp3) is 0.556.